The molecule has 1 amide bonds. The van der Waals surface area contributed by atoms with Gasteiger partial charge in [0.05, 0.1) is 12.7 Å². The van der Waals surface area contributed by atoms with E-state index < -0.39 is 0 Å². The Kier molecular flexibility index (Phi) is 4.98. The monoisotopic (exact) mass is 354 g/mol. The van der Waals surface area contributed by atoms with E-state index in [1.54, 1.807) is 37.4 Å². The van der Waals surface area contributed by atoms with Crippen LogP contribution in [0.1, 0.15) is 15.9 Å². The summed E-state index contributed by atoms with van der Waals surface area (Å²) in [6, 6.07) is 8.76. The summed E-state index contributed by atoms with van der Waals surface area (Å²) in [5, 5.41) is 3.35. The third-order valence-electron chi connectivity index (χ3n) is 2.71. The van der Waals surface area contributed by atoms with Gasteiger partial charge in [-0.3, -0.25) is 4.79 Å². The lowest BCUT2D eigenvalue weighted by atomic mass is 10.2. The van der Waals surface area contributed by atoms with Crippen LogP contribution in [0.15, 0.2) is 41.1 Å². The molecule has 0 unspecified atom stereocenters. The van der Waals surface area contributed by atoms with Crippen molar-refractivity contribution in [1.82, 2.24) is 10.3 Å². The molecule has 1 aromatic carbocycles. The minimum Gasteiger partial charge on any atom is -0.496 e. The van der Waals surface area contributed by atoms with Gasteiger partial charge in [0, 0.05) is 23.3 Å². The molecule has 20 heavy (non-hydrogen) atoms. The summed E-state index contributed by atoms with van der Waals surface area (Å²) in [5.74, 6) is 0.429. The lowest BCUT2D eigenvalue weighted by Gasteiger charge is -2.11. The average Bonchev–Trinajstić information content (AvgIpc) is 2.46. The Labute approximate surface area is 130 Å². The van der Waals surface area contributed by atoms with Crippen LogP contribution in [0.2, 0.25) is 5.02 Å². The minimum absolute atomic E-state index is 0.216. The van der Waals surface area contributed by atoms with Crippen LogP contribution in [0.25, 0.3) is 0 Å². The fourth-order valence-corrected chi connectivity index (χ4v) is 2.15. The van der Waals surface area contributed by atoms with E-state index in [1.807, 2.05) is 0 Å². The van der Waals surface area contributed by atoms with Crippen LogP contribution in [-0.2, 0) is 6.54 Å². The second kappa shape index (κ2) is 6.72. The van der Waals surface area contributed by atoms with Crippen molar-refractivity contribution >= 4 is 33.4 Å². The summed E-state index contributed by atoms with van der Waals surface area (Å²) >= 11 is 9.33. The fourth-order valence-electron chi connectivity index (χ4n) is 1.68. The number of ether oxygens (including phenoxy) is 1. The fraction of sp³-hybridized carbons (Fsp3) is 0.143. The Morgan fingerprint density at radius 3 is 2.85 bits per heavy atom. The van der Waals surface area contributed by atoms with Gasteiger partial charge in [-0.15, -0.1) is 0 Å². The molecule has 104 valence electrons. The molecule has 0 spiro atoms. The highest BCUT2D eigenvalue weighted by Gasteiger charge is 2.10. The average molecular weight is 356 g/mol. The molecule has 0 fully saturated rings. The molecule has 0 aliphatic rings. The second-order valence-electron chi connectivity index (χ2n) is 3.97. The molecule has 1 aromatic heterocycles. The van der Waals surface area contributed by atoms with Gasteiger partial charge in [-0.2, -0.15) is 0 Å². The van der Waals surface area contributed by atoms with E-state index >= 15 is 0 Å². The molecular weight excluding hydrogens is 344 g/mol. The first kappa shape index (κ1) is 14.8. The first-order valence-corrected chi connectivity index (χ1v) is 7.00. The van der Waals surface area contributed by atoms with Crippen LogP contribution in [0.3, 0.4) is 0 Å². The molecule has 0 atom stereocenters. The summed E-state index contributed by atoms with van der Waals surface area (Å²) in [5.41, 5.74) is 1.23. The summed E-state index contributed by atoms with van der Waals surface area (Å²) in [4.78, 5) is 16.0. The molecule has 4 nitrogen and oxygen atoms in total. The number of nitrogens with zero attached hydrogens (tertiary/aromatic N) is 1. The van der Waals surface area contributed by atoms with E-state index in [9.17, 15) is 4.79 Å². The second-order valence-corrected chi connectivity index (χ2v) is 5.19. The van der Waals surface area contributed by atoms with Crippen molar-refractivity contribution < 1.29 is 9.53 Å². The Hall–Kier alpha value is -1.59. The molecule has 2 rings (SSSR count). The van der Waals surface area contributed by atoms with Gasteiger partial charge in [0.2, 0.25) is 0 Å². The molecule has 0 aliphatic carbocycles. The molecule has 6 heteroatoms. The maximum atomic E-state index is 12.0. The predicted molar refractivity (Wildman–Crippen MR) is 81.1 cm³/mol. The number of nitrogens with one attached hydrogen (secondary N) is 1. The number of halogens is 2. The summed E-state index contributed by atoms with van der Waals surface area (Å²) in [6.45, 7) is 0.289. The summed E-state index contributed by atoms with van der Waals surface area (Å²) in [6.07, 6.45) is 1.50. The van der Waals surface area contributed by atoms with Gasteiger partial charge in [-0.25, -0.2) is 4.98 Å². The lowest BCUT2D eigenvalue weighted by molar-refractivity contribution is 0.0950. The quantitative estimate of drug-likeness (QED) is 0.855. The molecule has 1 N–H and O–H groups in total. The zero-order valence-electron chi connectivity index (χ0n) is 10.7. The predicted octanol–water partition coefficient (Wildman–Crippen LogP) is 3.44. The summed E-state index contributed by atoms with van der Waals surface area (Å²) in [7, 11) is 1.57. The zero-order chi connectivity index (χ0) is 14.5. The summed E-state index contributed by atoms with van der Waals surface area (Å²) < 4.78 is 5.91. The smallest absolute Gasteiger partial charge is 0.253 e. The maximum absolute atomic E-state index is 12.0. The van der Waals surface area contributed by atoms with Gasteiger partial charge in [-0.05, 0) is 40.2 Å². The normalized spacial score (nSPS) is 10.2. The minimum atomic E-state index is -0.216. The highest BCUT2D eigenvalue weighted by Crippen LogP contribution is 2.25. The number of benzene rings is 1. The van der Waals surface area contributed by atoms with E-state index in [2.05, 4.69) is 26.2 Å². The van der Waals surface area contributed by atoms with Gasteiger partial charge in [0.25, 0.3) is 5.91 Å². The number of pyridine rings is 1. The first-order valence-electron chi connectivity index (χ1n) is 5.83. The standard InChI is InChI=1S/C14H12BrClN2O2/c1-20-12-4-2-3-11(16)10(12)8-18-14(19)9-5-6-13(15)17-7-9/h2-7H,8H2,1H3,(H,18,19). The molecule has 0 radical (unpaired) electrons. The largest absolute Gasteiger partial charge is 0.496 e. The van der Waals surface area contributed by atoms with Gasteiger partial charge < -0.3 is 10.1 Å². The van der Waals surface area contributed by atoms with Crippen molar-refractivity contribution in [3.8, 4) is 5.75 Å². The van der Waals surface area contributed by atoms with E-state index in [0.29, 0.717) is 20.9 Å². The number of aromatic nitrogens is 1. The number of carbonyl (C=O) groups excluding carboxylic acids is 1. The third kappa shape index (κ3) is 3.49. The number of methoxy groups -OCH3 is 1. The number of hydrogen-bond donors (Lipinski definition) is 1. The number of hydrogen-bond acceptors (Lipinski definition) is 3. The van der Waals surface area contributed by atoms with Crippen molar-refractivity contribution in [2.24, 2.45) is 0 Å². The van der Waals surface area contributed by atoms with Crippen LogP contribution in [0.4, 0.5) is 0 Å². The molecule has 0 saturated carbocycles. The number of rotatable bonds is 4. The van der Waals surface area contributed by atoms with Gasteiger partial charge in [0.1, 0.15) is 10.4 Å². The van der Waals surface area contributed by atoms with Crippen LogP contribution < -0.4 is 10.1 Å². The Bertz CT molecular complexity index is 617. The molecule has 2 aromatic rings. The molecule has 1 heterocycles. The highest BCUT2D eigenvalue weighted by molar-refractivity contribution is 9.10. The van der Waals surface area contributed by atoms with E-state index in [4.69, 9.17) is 16.3 Å². The topological polar surface area (TPSA) is 51.2 Å². The highest BCUT2D eigenvalue weighted by atomic mass is 79.9. The van der Waals surface area contributed by atoms with Crippen LogP contribution in [0, 0.1) is 0 Å². The molecular formula is C14H12BrClN2O2. The zero-order valence-corrected chi connectivity index (χ0v) is 13.0. The SMILES string of the molecule is COc1cccc(Cl)c1CNC(=O)c1ccc(Br)nc1. The van der Waals surface area contributed by atoms with Crippen molar-refractivity contribution in [1.29, 1.82) is 0 Å². The maximum Gasteiger partial charge on any atom is 0.253 e. The van der Waals surface area contributed by atoms with Crippen molar-refractivity contribution in [2.45, 2.75) is 6.54 Å². The van der Waals surface area contributed by atoms with Crippen LogP contribution >= 0.6 is 27.5 Å². The van der Waals surface area contributed by atoms with Crippen molar-refractivity contribution in [3.63, 3.8) is 0 Å². The third-order valence-corrected chi connectivity index (χ3v) is 3.53. The number of amides is 1. The van der Waals surface area contributed by atoms with Gasteiger partial charge >= 0.3 is 0 Å². The molecule has 0 aliphatic heterocycles. The van der Waals surface area contributed by atoms with Crippen LogP contribution in [0.5, 0.6) is 5.75 Å². The van der Waals surface area contributed by atoms with Gasteiger partial charge in [0.15, 0.2) is 0 Å². The van der Waals surface area contributed by atoms with Crippen LogP contribution in [-0.4, -0.2) is 18.0 Å². The first-order chi connectivity index (χ1) is 9.61. The Morgan fingerprint density at radius 1 is 1.40 bits per heavy atom. The Morgan fingerprint density at radius 2 is 2.20 bits per heavy atom. The molecule has 0 saturated heterocycles. The van der Waals surface area contributed by atoms with E-state index in [-0.39, 0.29) is 12.5 Å². The number of carbonyl (C=O) groups is 1. The van der Waals surface area contributed by atoms with E-state index in [1.165, 1.54) is 6.20 Å². The van der Waals surface area contributed by atoms with E-state index in [0.717, 1.165) is 5.56 Å². The Balaban J connectivity index is 2.09. The van der Waals surface area contributed by atoms with Crippen molar-refractivity contribution in [2.75, 3.05) is 7.11 Å². The van der Waals surface area contributed by atoms with Crippen molar-refractivity contribution in [3.05, 3.63) is 57.3 Å². The lowest BCUT2D eigenvalue weighted by Crippen LogP contribution is -2.23. The molecule has 0 bridgehead atoms. The van der Waals surface area contributed by atoms with Gasteiger partial charge in [-0.1, -0.05) is 17.7 Å².